The topological polar surface area (TPSA) is 34.0 Å². The van der Waals surface area contributed by atoms with Crippen molar-refractivity contribution in [2.24, 2.45) is 0 Å². The van der Waals surface area contributed by atoms with Gasteiger partial charge >= 0.3 is 0 Å². The lowest BCUT2D eigenvalue weighted by molar-refractivity contribution is 0.744. The van der Waals surface area contributed by atoms with E-state index in [-0.39, 0.29) is 6.04 Å². The summed E-state index contributed by atoms with van der Waals surface area (Å²) in [6, 6.07) is 37.1. The molecule has 2 aromatic heterocycles. The van der Waals surface area contributed by atoms with Gasteiger partial charge in [0.25, 0.3) is 0 Å². The third kappa shape index (κ3) is 3.91. The minimum Gasteiger partial charge on any atom is -0.333 e. The minimum absolute atomic E-state index is 0.204. The predicted molar refractivity (Wildman–Crippen MR) is 180 cm³/mol. The number of rotatable bonds is 4. The van der Waals surface area contributed by atoms with Crippen LogP contribution in [0.25, 0.3) is 45.3 Å². The van der Waals surface area contributed by atoms with Gasteiger partial charge in [0.05, 0.1) is 17.3 Å². The molecule has 6 aromatic rings. The molecule has 0 spiro atoms. The van der Waals surface area contributed by atoms with Gasteiger partial charge in [-0.25, -0.2) is 9.97 Å². The van der Waals surface area contributed by atoms with E-state index in [1.165, 1.54) is 33.4 Å². The van der Waals surface area contributed by atoms with Gasteiger partial charge in [0.1, 0.15) is 0 Å². The van der Waals surface area contributed by atoms with Crippen molar-refractivity contribution in [2.75, 3.05) is 4.90 Å². The maximum absolute atomic E-state index is 5.10. The SMILES string of the molecule is C1=CC2c3ccccc3N(c3cc(-c4nccc(-c5ccccc5)n4)cc(-n4c5c(c6ccccc64)C=CCC5)c3)C2C=C1. The van der Waals surface area contributed by atoms with E-state index < -0.39 is 0 Å². The third-order valence-corrected chi connectivity index (χ3v) is 9.23. The minimum atomic E-state index is 0.204. The van der Waals surface area contributed by atoms with Gasteiger partial charge < -0.3 is 9.47 Å². The summed E-state index contributed by atoms with van der Waals surface area (Å²) in [5.41, 5.74) is 11.8. The molecule has 4 nitrogen and oxygen atoms in total. The Balaban J connectivity index is 1.30. The number of benzene rings is 4. The monoisotopic (exact) mass is 566 g/mol. The lowest BCUT2D eigenvalue weighted by Crippen LogP contribution is -2.28. The summed E-state index contributed by atoms with van der Waals surface area (Å²) < 4.78 is 2.47. The molecule has 210 valence electrons. The van der Waals surface area contributed by atoms with Crippen LogP contribution in [-0.4, -0.2) is 20.6 Å². The van der Waals surface area contributed by atoms with Gasteiger partial charge in [-0.2, -0.15) is 0 Å². The Labute approximate surface area is 257 Å². The number of aromatic nitrogens is 3. The van der Waals surface area contributed by atoms with Gasteiger partial charge in [0.2, 0.25) is 0 Å². The molecule has 0 N–H and O–H groups in total. The molecule has 2 atom stereocenters. The molecule has 3 aliphatic rings. The fourth-order valence-electron chi connectivity index (χ4n) is 7.32. The van der Waals surface area contributed by atoms with Crippen LogP contribution in [0, 0.1) is 0 Å². The molecule has 0 saturated carbocycles. The van der Waals surface area contributed by atoms with Crippen LogP contribution in [0.3, 0.4) is 0 Å². The molecule has 4 aromatic carbocycles. The molecule has 4 heteroatoms. The number of hydrogen-bond acceptors (Lipinski definition) is 3. The average molecular weight is 567 g/mol. The number of anilines is 2. The van der Waals surface area contributed by atoms with E-state index in [1.54, 1.807) is 0 Å². The van der Waals surface area contributed by atoms with Crippen molar-refractivity contribution in [3.63, 3.8) is 0 Å². The van der Waals surface area contributed by atoms with Crippen molar-refractivity contribution in [1.82, 2.24) is 14.5 Å². The average Bonchev–Trinajstić information content (AvgIpc) is 3.62. The Morgan fingerprint density at radius 3 is 2.50 bits per heavy atom. The number of nitrogens with zero attached hydrogens (tertiary/aromatic N) is 4. The van der Waals surface area contributed by atoms with Gasteiger partial charge in [-0.3, -0.25) is 0 Å². The van der Waals surface area contributed by atoms with Crippen LogP contribution < -0.4 is 4.90 Å². The van der Waals surface area contributed by atoms with E-state index in [0.29, 0.717) is 5.92 Å². The lowest BCUT2D eigenvalue weighted by Gasteiger charge is -2.30. The maximum atomic E-state index is 5.10. The van der Waals surface area contributed by atoms with E-state index >= 15 is 0 Å². The summed E-state index contributed by atoms with van der Waals surface area (Å²) in [4.78, 5) is 12.4. The molecule has 0 radical (unpaired) electrons. The van der Waals surface area contributed by atoms with Crippen molar-refractivity contribution in [3.8, 4) is 28.3 Å². The summed E-state index contributed by atoms with van der Waals surface area (Å²) in [5.74, 6) is 1.04. The zero-order valence-electron chi connectivity index (χ0n) is 24.2. The molecule has 1 aliphatic heterocycles. The molecule has 44 heavy (non-hydrogen) atoms. The first-order valence-corrected chi connectivity index (χ1v) is 15.4. The quantitative estimate of drug-likeness (QED) is 0.213. The van der Waals surface area contributed by atoms with Crippen LogP contribution in [-0.2, 0) is 6.42 Å². The number of para-hydroxylation sites is 2. The van der Waals surface area contributed by atoms with Gasteiger partial charge in [-0.05, 0) is 54.8 Å². The smallest absolute Gasteiger partial charge is 0.159 e. The molecule has 0 bridgehead atoms. The summed E-state index contributed by atoms with van der Waals surface area (Å²) in [6.45, 7) is 0. The highest BCUT2D eigenvalue weighted by Crippen LogP contribution is 2.48. The van der Waals surface area contributed by atoms with E-state index in [1.807, 2.05) is 18.3 Å². The van der Waals surface area contributed by atoms with Crippen molar-refractivity contribution in [3.05, 3.63) is 157 Å². The van der Waals surface area contributed by atoms with E-state index in [2.05, 4.69) is 137 Å². The number of hydrogen-bond donors (Lipinski definition) is 0. The summed E-state index contributed by atoms with van der Waals surface area (Å²) >= 11 is 0. The van der Waals surface area contributed by atoms with E-state index in [0.717, 1.165) is 46.9 Å². The second kappa shape index (κ2) is 10.1. The highest BCUT2D eigenvalue weighted by molar-refractivity contribution is 5.94. The van der Waals surface area contributed by atoms with Crippen LogP contribution in [0.1, 0.15) is 29.2 Å². The van der Waals surface area contributed by atoms with Crippen LogP contribution in [0.4, 0.5) is 11.4 Å². The summed E-state index contributed by atoms with van der Waals surface area (Å²) in [5, 5.41) is 1.29. The fourth-order valence-corrected chi connectivity index (χ4v) is 7.32. The van der Waals surface area contributed by atoms with Gasteiger partial charge in [0.15, 0.2) is 5.82 Å². The molecule has 0 saturated heterocycles. The Kier molecular flexibility index (Phi) is 5.73. The molecule has 3 heterocycles. The normalized spacial score (nSPS) is 18.0. The van der Waals surface area contributed by atoms with Crippen LogP contribution in [0.5, 0.6) is 0 Å². The van der Waals surface area contributed by atoms with Crippen LogP contribution in [0.15, 0.2) is 140 Å². The van der Waals surface area contributed by atoms with E-state index in [4.69, 9.17) is 9.97 Å². The Morgan fingerprint density at radius 2 is 1.55 bits per heavy atom. The number of allylic oxidation sites excluding steroid dienone is 3. The summed E-state index contributed by atoms with van der Waals surface area (Å²) in [6.07, 6.45) is 17.6. The molecule has 0 fully saturated rings. The first-order chi connectivity index (χ1) is 21.8. The van der Waals surface area contributed by atoms with Crippen LogP contribution >= 0.6 is 0 Å². The molecule has 9 rings (SSSR count). The van der Waals surface area contributed by atoms with Gasteiger partial charge in [-0.1, -0.05) is 103 Å². The first kappa shape index (κ1) is 25.1. The van der Waals surface area contributed by atoms with Crippen LogP contribution in [0.2, 0.25) is 0 Å². The highest BCUT2D eigenvalue weighted by atomic mass is 15.2. The Morgan fingerprint density at radius 1 is 0.727 bits per heavy atom. The second-order valence-corrected chi connectivity index (χ2v) is 11.7. The second-order valence-electron chi connectivity index (χ2n) is 11.7. The highest BCUT2D eigenvalue weighted by Gasteiger charge is 2.37. The number of fused-ring (bicyclic) bond motifs is 6. The lowest BCUT2D eigenvalue weighted by atomic mass is 9.91. The van der Waals surface area contributed by atoms with Gasteiger partial charge in [0, 0.05) is 56.9 Å². The maximum Gasteiger partial charge on any atom is 0.159 e. The summed E-state index contributed by atoms with van der Waals surface area (Å²) in [7, 11) is 0. The van der Waals surface area contributed by atoms with Crippen molar-refractivity contribution in [1.29, 1.82) is 0 Å². The zero-order chi connectivity index (χ0) is 29.0. The molecule has 0 amide bonds. The van der Waals surface area contributed by atoms with Gasteiger partial charge in [-0.15, -0.1) is 0 Å². The van der Waals surface area contributed by atoms with Crippen molar-refractivity contribution >= 4 is 28.4 Å². The molecule has 2 aliphatic carbocycles. The van der Waals surface area contributed by atoms with E-state index in [9.17, 15) is 0 Å². The largest absolute Gasteiger partial charge is 0.333 e. The molecular formula is C40H30N4. The zero-order valence-corrected chi connectivity index (χ0v) is 24.2. The first-order valence-electron chi connectivity index (χ1n) is 15.4. The fraction of sp³-hybridized carbons (Fsp3) is 0.100. The Bertz CT molecular complexity index is 2150. The molecule has 2 unspecified atom stereocenters. The third-order valence-electron chi connectivity index (χ3n) is 9.23. The molecular weight excluding hydrogens is 536 g/mol. The van der Waals surface area contributed by atoms with Crippen molar-refractivity contribution < 1.29 is 0 Å². The van der Waals surface area contributed by atoms with Crippen molar-refractivity contribution in [2.45, 2.75) is 24.8 Å². The predicted octanol–water partition coefficient (Wildman–Crippen LogP) is 9.44. The standard InChI is InChI=1S/C40H30N4/c1-2-12-27(13-3-1)35-22-23-41-40(42-35)28-24-29(43-36-18-8-4-14-31(36)32-15-5-9-19-37(32)43)26-30(25-28)44-38-20-10-6-16-33(38)34-17-7-11-21-39(34)44/h1-10,12-20,22-26,31,36H,11,21H2. The Hall–Kier alpha value is -5.48.